The largest absolute Gasteiger partial charge is 0.346 e. The molecular weight excluding hydrogens is 276 g/mol. The fraction of sp³-hybridized carbons (Fsp3) is 0.455. The molecule has 17 heavy (non-hydrogen) atoms. The molecule has 1 aromatic rings. The van der Waals surface area contributed by atoms with Gasteiger partial charge in [-0.05, 0) is 23.8 Å². The average molecular weight is 290 g/mol. The maximum Gasteiger partial charge on any atom is 0.185 e. The van der Waals surface area contributed by atoms with Crippen molar-refractivity contribution in [3.05, 3.63) is 26.1 Å². The van der Waals surface area contributed by atoms with Crippen LogP contribution in [0, 0.1) is 0 Å². The van der Waals surface area contributed by atoms with Gasteiger partial charge in [0.25, 0.3) is 0 Å². The van der Waals surface area contributed by atoms with Gasteiger partial charge in [-0.1, -0.05) is 0 Å². The maximum absolute atomic E-state index is 11.5. The molecule has 0 saturated carbocycles. The van der Waals surface area contributed by atoms with Gasteiger partial charge in [0, 0.05) is 16.7 Å². The Hall–Kier alpha value is -0.140. The molecule has 1 aliphatic rings. The van der Waals surface area contributed by atoms with Crippen LogP contribution in [-0.2, 0) is 20.3 Å². The van der Waals surface area contributed by atoms with Crippen molar-refractivity contribution in [1.82, 2.24) is 0 Å². The Morgan fingerprint density at radius 2 is 2.29 bits per heavy atom. The third kappa shape index (κ3) is 3.20. The van der Waals surface area contributed by atoms with E-state index in [2.05, 4.69) is 0 Å². The molecule has 6 heteroatoms. The first-order valence-corrected chi connectivity index (χ1v) is 8.78. The molecule has 0 amide bonds. The van der Waals surface area contributed by atoms with Crippen molar-refractivity contribution in [3.63, 3.8) is 0 Å². The normalized spacial score (nSPS) is 19.8. The quantitative estimate of drug-likeness (QED) is 0.854. The van der Waals surface area contributed by atoms with Gasteiger partial charge < -0.3 is 9.47 Å². The molecule has 0 radical (unpaired) electrons. The molecule has 2 rings (SSSR count). The Bertz CT molecular complexity index is 433. The molecule has 1 atom stereocenters. The van der Waals surface area contributed by atoms with Gasteiger partial charge in [-0.25, -0.2) is 0 Å². The lowest BCUT2D eigenvalue weighted by Crippen LogP contribution is -1.98. The summed E-state index contributed by atoms with van der Waals surface area (Å²) >= 11 is 3.13. The van der Waals surface area contributed by atoms with Crippen molar-refractivity contribution >= 4 is 40.0 Å². The lowest BCUT2D eigenvalue weighted by molar-refractivity contribution is -0.0439. The Morgan fingerprint density at radius 3 is 2.88 bits per heavy atom. The molecule has 1 aromatic heterocycles. The summed E-state index contributed by atoms with van der Waals surface area (Å²) in [6.07, 6.45) is 5.33. The third-order valence-electron chi connectivity index (χ3n) is 2.34. The number of thioether (sulfide) groups is 1. The highest BCUT2D eigenvalue weighted by Crippen LogP contribution is 2.32. The van der Waals surface area contributed by atoms with Gasteiger partial charge in [0.1, 0.15) is 0 Å². The van der Waals surface area contributed by atoms with Gasteiger partial charge >= 0.3 is 0 Å². The second-order valence-electron chi connectivity index (χ2n) is 3.44. The number of rotatable bonds is 4. The minimum Gasteiger partial charge on any atom is -0.346 e. The zero-order valence-corrected chi connectivity index (χ0v) is 12.1. The molecule has 3 nitrogen and oxygen atoms in total. The molecule has 0 aliphatic carbocycles. The van der Waals surface area contributed by atoms with Gasteiger partial charge in [-0.2, -0.15) is 0 Å². The van der Waals surface area contributed by atoms with E-state index >= 15 is 0 Å². The van der Waals surface area contributed by atoms with Crippen LogP contribution in [0.25, 0.3) is 6.08 Å². The topological polar surface area (TPSA) is 35.5 Å². The van der Waals surface area contributed by atoms with E-state index in [0.29, 0.717) is 13.2 Å². The highest BCUT2D eigenvalue weighted by molar-refractivity contribution is 8.16. The molecule has 94 valence electrons. The molecule has 1 fully saturated rings. The minimum absolute atomic E-state index is 0.263. The zero-order valence-electron chi connectivity index (χ0n) is 9.67. The molecule has 0 bridgehead atoms. The van der Waals surface area contributed by atoms with Crippen LogP contribution in [0.5, 0.6) is 0 Å². The van der Waals surface area contributed by atoms with Gasteiger partial charge in [0.2, 0.25) is 0 Å². The number of thiophene rings is 1. The van der Waals surface area contributed by atoms with Gasteiger partial charge in [0.05, 0.1) is 28.3 Å². The highest BCUT2D eigenvalue weighted by atomic mass is 32.2. The summed E-state index contributed by atoms with van der Waals surface area (Å²) in [5, 5.41) is 2.00. The average Bonchev–Trinajstić information content (AvgIpc) is 2.95. The van der Waals surface area contributed by atoms with Gasteiger partial charge in [0.15, 0.2) is 6.29 Å². The van der Waals surface area contributed by atoms with Gasteiger partial charge in [-0.3, -0.25) is 4.21 Å². The lowest BCUT2D eigenvalue weighted by atomic mass is 10.2. The lowest BCUT2D eigenvalue weighted by Gasteiger charge is -2.08. The fourth-order valence-electron chi connectivity index (χ4n) is 1.55. The summed E-state index contributed by atoms with van der Waals surface area (Å²) in [7, 11) is -0.949. The first kappa shape index (κ1) is 13.3. The first-order chi connectivity index (χ1) is 8.22. The van der Waals surface area contributed by atoms with Crippen LogP contribution in [0.3, 0.4) is 0 Å². The van der Waals surface area contributed by atoms with Crippen LogP contribution in [0.4, 0.5) is 0 Å². The Balaban J connectivity index is 2.26. The monoisotopic (exact) mass is 290 g/mol. The fourth-order valence-corrected chi connectivity index (χ4v) is 4.00. The number of hydrogen-bond acceptors (Lipinski definition) is 5. The van der Waals surface area contributed by atoms with E-state index in [1.54, 1.807) is 17.6 Å². The Kier molecular flexibility index (Phi) is 4.81. The summed E-state index contributed by atoms with van der Waals surface area (Å²) in [5.74, 6) is 0. The Labute approximate surface area is 112 Å². The SMILES string of the molecule is CSC(=Cc1sccc1C1OCCO1)S(C)=O. The van der Waals surface area contributed by atoms with E-state index < -0.39 is 10.8 Å². The maximum atomic E-state index is 11.5. The van der Waals surface area contributed by atoms with Crippen LogP contribution in [-0.4, -0.2) is 29.9 Å². The van der Waals surface area contributed by atoms with Crippen molar-refractivity contribution in [2.45, 2.75) is 6.29 Å². The molecule has 0 aromatic carbocycles. The third-order valence-corrected chi connectivity index (χ3v) is 5.62. The predicted molar refractivity (Wildman–Crippen MR) is 74.5 cm³/mol. The van der Waals surface area contributed by atoms with Crippen LogP contribution >= 0.6 is 23.1 Å². The van der Waals surface area contributed by atoms with Crippen LogP contribution in [0.15, 0.2) is 15.7 Å². The van der Waals surface area contributed by atoms with Crippen molar-refractivity contribution < 1.29 is 13.7 Å². The van der Waals surface area contributed by atoms with E-state index in [1.165, 1.54) is 11.8 Å². The van der Waals surface area contributed by atoms with Crippen molar-refractivity contribution in [2.24, 2.45) is 0 Å². The van der Waals surface area contributed by atoms with E-state index in [4.69, 9.17) is 9.47 Å². The second kappa shape index (κ2) is 6.15. The number of hydrogen-bond donors (Lipinski definition) is 0. The van der Waals surface area contributed by atoms with E-state index in [-0.39, 0.29) is 6.29 Å². The van der Waals surface area contributed by atoms with Crippen molar-refractivity contribution in [1.29, 1.82) is 0 Å². The zero-order chi connectivity index (χ0) is 12.3. The molecule has 0 N–H and O–H groups in total. The smallest absolute Gasteiger partial charge is 0.185 e. The van der Waals surface area contributed by atoms with Crippen molar-refractivity contribution in [3.8, 4) is 0 Å². The number of ether oxygens (including phenoxy) is 2. The molecule has 1 aliphatic heterocycles. The van der Waals surface area contributed by atoms with E-state index in [0.717, 1.165) is 14.7 Å². The highest BCUT2D eigenvalue weighted by Gasteiger charge is 2.21. The molecule has 0 spiro atoms. The minimum atomic E-state index is -0.949. The van der Waals surface area contributed by atoms with Crippen LogP contribution in [0.1, 0.15) is 16.7 Å². The summed E-state index contributed by atoms with van der Waals surface area (Å²) in [6, 6.07) is 2.00. The van der Waals surface area contributed by atoms with Crippen molar-refractivity contribution in [2.75, 3.05) is 25.7 Å². The summed E-state index contributed by atoms with van der Waals surface area (Å²) < 4.78 is 23.3. The predicted octanol–water partition coefficient (Wildman–Crippen LogP) is 2.83. The van der Waals surface area contributed by atoms with Crippen LogP contribution < -0.4 is 0 Å². The molecule has 1 unspecified atom stereocenters. The van der Waals surface area contributed by atoms with E-state index in [9.17, 15) is 4.21 Å². The summed E-state index contributed by atoms with van der Waals surface area (Å²) in [6.45, 7) is 1.28. The van der Waals surface area contributed by atoms with E-state index in [1.807, 2.05) is 23.8 Å². The standard InChI is InChI=1S/C11H14O3S3/c1-15-10(17(2)12)7-9-8(3-6-16-9)11-13-4-5-14-11/h3,6-7,11H,4-5H2,1-2H3. The molecular formula is C11H14O3S3. The van der Waals surface area contributed by atoms with Crippen LogP contribution in [0.2, 0.25) is 0 Å². The Morgan fingerprint density at radius 1 is 1.59 bits per heavy atom. The van der Waals surface area contributed by atoms with Gasteiger partial charge in [-0.15, -0.1) is 23.1 Å². The summed E-state index contributed by atoms with van der Waals surface area (Å²) in [5.41, 5.74) is 1.03. The summed E-state index contributed by atoms with van der Waals surface area (Å²) in [4.78, 5) is 1.07. The second-order valence-corrected chi connectivity index (χ2v) is 6.84. The molecule has 1 saturated heterocycles. The first-order valence-electron chi connectivity index (χ1n) is 5.12. The molecule has 2 heterocycles.